The average molecular weight is 812 g/mol. The average Bonchev–Trinajstić information content (AvgIpc) is 3.10. The summed E-state index contributed by atoms with van der Waals surface area (Å²) < 4.78 is 0. The number of rotatable bonds is 19. The molecule has 0 radical (unpaired) electrons. The lowest BCUT2D eigenvalue weighted by Gasteiger charge is -2.57. The highest BCUT2D eigenvalue weighted by atomic mass is 16.3. The molecule has 1 aromatic rings. The van der Waals surface area contributed by atoms with Crippen LogP contribution in [0.3, 0.4) is 0 Å². The number of hydrogen-bond acceptors (Lipinski definition) is 10. The van der Waals surface area contributed by atoms with Crippen LogP contribution in [0.4, 0.5) is 17.8 Å². The van der Waals surface area contributed by atoms with E-state index in [9.17, 15) is 5.11 Å². The van der Waals surface area contributed by atoms with Crippen LogP contribution < -0.4 is 14.7 Å². The van der Waals surface area contributed by atoms with Crippen LogP contribution >= 0.6 is 0 Å². The summed E-state index contributed by atoms with van der Waals surface area (Å²) in [4.78, 5) is 32.9. The molecule has 3 aliphatic rings. The van der Waals surface area contributed by atoms with E-state index in [1.54, 1.807) is 0 Å². The lowest BCUT2D eigenvalue weighted by atomic mass is 9.76. The van der Waals surface area contributed by atoms with Crippen molar-refractivity contribution in [1.29, 1.82) is 0 Å². The van der Waals surface area contributed by atoms with Crippen molar-refractivity contribution in [3.05, 3.63) is 0 Å². The molecule has 58 heavy (non-hydrogen) atoms. The number of hydrogen-bond donors (Lipinski definition) is 1. The third-order valence-electron chi connectivity index (χ3n) is 14.9. The molecule has 0 aromatic carbocycles. The van der Waals surface area contributed by atoms with E-state index in [1.165, 1.54) is 0 Å². The maximum absolute atomic E-state index is 10.1. The number of β-amino-alcohol motifs (C(OH)–C–C–N with tert-alkyl or cyclic N) is 1. The van der Waals surface area contributed by atoms with E-state index < -0.39 is 0 Å². The van der Waals surface area contributed by atoms with Crippen LogP contribution in [0.2, 0.25) is 0 Å². The fraction of sp³-hybridized carbons (Fsp3) is 0.938. The van der Waals surface area contributed by atoms with Crippen LogP contribution in [0.1, 0.15) is 194 Å². The number of likely N-dealkylation sites (tertiary alicyclic amines) is 3. The molecule has 0 aliphatic carbocycles. The molecule has 3 saturated heterocycles. The first-order valence-electron chi connectivity index (χ1n) is 23.9. The summed E-state index contributed by atoms with van der Waals surface area (Å²) in [5.41, 5.74) is 0.00727. The summed E-state index contributed by atoms with van der Waals surface area (Å²) in [7, 11) is 2.31. The summed E-state index contributed by atoms with van der Waals surface area (Å²) in [6.45, 7) is 43.1. The molecule has 336 valence electrons. The van der Waals surface area contributed by atoms with Gasteiger partial charge >= 0.3 is 0 Å². The van der Waals surface area contributed by atoms with Gasteiger partial charge < -0.3 is 19.8 Å². The third kappa shape index (κ3) is 11.0. The molecule has 4 rings (SSSR count). The molecule has 1 aromatic heterocycles. The van der Waals surface area contributed by atoms with Gasteiger partial charge in [-0.2, -0.15) is 15.0 Å². The van der Waals surface area contributed by atoms with Crippen molar-refractivity contribution in [2.24, 2.45) is 0 Å². The summed E-state index contributed by atoms with van der Waals surface area (Å²) in [5.74, 6) is 2.60. The second kappa shape index (κ2) is 19.1. The smallest absolute Gasteiger partial charge is 0.232 e. The number of nitrogens with zero attached hydrogens (tertiary/aromatic N) is 9. The maximum Gasteiger partial charge on any atom is 0.232 e. The summed E-state index contributed by atoms with van der Waals surface area (Å²) in [6.07, 6.45) is 14.1. The summed E-state index contributed by atoms with van der Waals surface area (Å²) in [6, 6.07) is 0.902. The molecule has 0 amide bonds. The van der Waals surface area contributed by atoms with Crippen molar-refractivity contribution in [1.82, 2.24) is 29.7 Å². The minimum Gasteiger partial charge on any atom is -0.395 e. The molecule has 3 fully saturated rings. The van der Waals surface area contributed by atoms with E-state index >= 15 is 0 Å². The Labute approximate surface area is 358 Å². The van der Waals surface area contributed by atoms with Gasteiger partial charge in [0, 0.05) is 77.5 Å². The Kier molecular flexibility index (Phi) is 16.1. The number of aliphatic hydroxyl groups is 1. The van der Waals surface area contributed by atoms with Crippen LogP contribution in [0, 0.1) is 0 Å². The molecule has 4 heterocycles. The van der Waals surface area contributed by atoms with Gasteiger partial charge in [0.05, 0.1) is 6.61 Å². The number of aromatic nitrogens is 3. The van der Waals surface area contributed by atoms with Crippen LogP contribution in [-0.2, 0) is 0 Å². The highest BCUT2D eigenvalue weighted by molar-refractivity contribution is 5.49. The third-order valence-corrected chi connectivity index (χ3v) is 14.9. The van der Waals surface area contributed by atoms with Gasteiger partial charge in [-0.05, 0) is 161 Å². The predicted molar refractivity (Wildman–Crippen MR) is 249 cm³/mol. The Morgan fingerprint density at radius 3 is 1.00 bits per heavy atom. The summed E-state index contributed by atoms with van der Waals surface area (Å²) in [5, 5.41) is 10.1. The molecule has 0 spiro atoms. The monoisotopic (exact) mass is 812 g/mol. The van der Waals surface area contributed by atoms with E-state index in [2.05, 4.69) is 147 Å². The highest BCUT2D eigenvalue weighted by Crippen LogP contribution is 2.45. The largest absolute Gasteiger partial charge is 0.395 e. The van der Waals surface area contributed by atoms with Crippen molar-refractivity contribution >= 4 is 17.8 Å². The second-order valence-electron chi connectivity index (χ2n) is 22.5. The molecule has 0 unspecified atom stereocenters. The fourth-order valence-corrected chi connectivity index (χ4v) is 12.1. The number of unbranched alkanes of at least 4 members (excludes halogenated alkanes) is 3. The first kappa shape index (κ1) is 48.9. The van der Waals surface area contributed by atoms with E-state index in [4.69, 9.17) is 15.0 Å². The Morgan fingerprint density at radius 2 is 0.741 bits per heavy atom. The Bertz CT molecular complexity index is 1310. The molecule has 3 aliphatic heterocycles. The van der Waals surface area contributed by atoms with Crippen LogP contribution in [0.5, 0.6) is 0 Å². The predicted octanol–water partition coefficient (Wildman–Crippen LogP) is 9.79. The van der Waals surface area contributed by atoms with Gasteiger partial charge in [-0.15, -0.1) is 0 Å². The molecular formula is C48H93N9O. The number of aliphatic hydroxyl groups excluding tert-OH is 1. The maximum atomic E-state index is 10.1. The van der Waals surface area contributed by atoms with E-state index in [0.717, 1.165) is 127 Å². The van der Waals surface area contributed by atoms with Crippen molar-refractivity contribution in [2.75, 3.05) is 61.1 Å². The number of anilines is 3. The first-order valence-corrected chi connectivity index (χ1v) is 23.9. The molecule has 10 nitrogen and oxygen atoms in total. The molecular weight excluding hydrogens is 719 g/mol. The standard InChI is InChI=1S/C48H93N9O/c1-18-22-26-53(37-31-43(5,6)52(17)44(7,8)32-37)40-49-41(54(27-23-19-2)38-33-45(9,10)56(25-21-4)46(11,12)34-38)51-42(50-40)55(28-24-20-3)39-35-47(13,14)57(29-30-58)48(15,16)36-39/h37-39,58H,18-36H2,1-17H3. The molecule has 0 atom stereocenters. The van der Waals surface area contributed by atoms with Crippen molar-refractivity contribution in [3.8, 4) is 0 Å². The topological polar surface area (TPSA) is 78.3 Å². The minimum atomic E-state index is -0.0897. The second-order valence-corrected chi connectivity index (χ2v) is 22.5. The van der Waals surface area contributed by atoms with Gasteiger partial charge in [0.25, 0.3) is 0 Å². The van der Waals surface area contributed by atoms with Crippen molar-refractivity contribution < 1.29 is 5.11 Å². The molecule has 1 N–H and O–H groups in total. The molecule has 10 heteroatoms. The zero-order valence-corrected chi connectivity index (χ0v) is 41.1. The minimum absolute atomic E-state index is 0.0409. The van der Waals surface area contributed by atoms with E-state index in [0.29, 0.717) is 18.6 Å². The van der Waals surface area contributed by atoms with Crippen molar-refractivity contribution in [2.45, 2.75) is 246 Å². The Morgan fingerprint density at radius 1 is 0.466 bits per heavy atom. The van der Waals surface area contributed by atoms with Gasteiger partial charge in [-0.25, -0.2) is 0 Å². The summed E-state index contributed by atoms with van der Waals surface area (Å²) >= 11 is 0. The van der Waals surface area contributed by atoms with E-state index in [-0.39, 0.29) is 45.9 Å². The van der Waals surface area contributed by atoms with E-state index in [1.807, 2.05) is 0 Å². The first-order chi connectivity index (χ1) is 26.9. The highest BCUT2D eigenvalue weighted by Gasteiger charge is 2.50. The van der Waals surface area contributed by atoms with Gasteiger partial charge in [0.2, 0.25) is 17.8 Å². The molecule has 0 saturated carbocycles. The quantitative estimate of drug-likeness (QED) is 0.146. The zero-order valence-electron chi connectivity index (χ0n) is 41.1. The van der Waals surface area contributed by atoms with Crippen molar-refractivity contribution in [3.63, 3.8) is 0 Å². The van der Waals surface area contributed by atoms with Gasteiger partial charge in [0.15, 0.2) is 0 Å². The fourth-order valence-electron chi connectivity index (χ4n) is 12.1. The SMILES string of the molecule is CCCCN(c1nc(N(CCCC)C2CC(C)(C)N(CCC)C(C)(C)C2)nc(N(CCCC)C2CC(C)(C)N(CCO)C(C)(C)C2)n1)C1CC(C)(C)N(C)C(C)(C)C1. The lowest BCUT2D eigenvalue weighted by molar-refractivity contribution is -0.0448. The van der Waals surface area contributed by atoms with Crippen LogP contribution in [-0.4, -0.2) is 132 Å². The Hall–Kier alpha value is -1.75. The van der Waals surface area contributed by atoms with Gasteiger partial charge in [-0.3, -0.25) is 14.7 Å². The normalized spacial score (nSPS) is 23.9. The Balaban J connectivity index is 1.97. The molecule has 0 bridgehead atoms. The van der Waals surface area contributed by atoms with Crippen LogP contribution in [0.15, 0.2) is 0 Å². The number of piperidine rings is 3. The zero-order chi connectivity index (χ0) is 43.5. The van der Waals surface area contributed by atoms with Gasteiger partial charge in [0.1, 0.15) is 0 Å². The van der Waals surface area contributed by atoms with Gasteiger partial charge in [-0.1, -0.05) is 47.0 Å². The van der Waals surface area contributed by atoms with Crippen LogP contribution in [0.25, 0.3) is 0 Å². The lowest BCUT2D eigenvalue weighted by Crippen LogP contribution is -2.65.